The molecule has 14 nitrogen and oxygen atoms in total. The molecule has 1 aromatic carbocycles. The molecule has 0 spiro atoms. The second-order valence-corrected chi connectivity index (χ2v) is 20.6. The quantitative estimate of drug-likeness (QED) is 0.185. The average Bonchev–Trinajstić information content (AvgIpc) is 3.86. The number of benzene rings is 1. The highest BCUT2D eigenvalue weighted by Crippen LogP contribution is 2.29. The van der Waals surface area contributed by atoms with Crippen LogP contribution in [0.15, 0.2) is 46.9 Å². The van der Waals surface area contributed by atoms with Crippen molar-refractivity contribution in [1.82, 2.24) is 36.5 Å². The minimum atomic E-state index is -1.09. The summed E-state index contributed by atoms with van der Waals surface area (Å²) in [7, 11) is 0. The Morgan fingerprint density at radius 3 is 2.23 bits per heavy atom. The van der Waals surface area contributed by atoms with E-state index in [0.717, 1.165) is 12.0 Å². The van der Waals surface area contributed by atoms with Gasteiger partial charge in [0.1, 0.15) is 41.6 Å². The van der Waals surface area contributed by atoms with Crippen LogP contribution in [0, 0.1) is 22.7 Å². The number of carbonyl (C=O) groups excluding carboxylic acids is 6. The summed E-state index contributed by atoms with van der Waals surface area (Å²) in [6.45, 7) is 20.9. The number of nitrogens with zero attached hydrogens (tertiary/aromatic N) is 3. The summed E-state index contributed by atoms with van der Waals surface area (Å²) in [5.41, 5.74) is -0.663. The molecule has 330 valence electrons. The molecule has 2 aliphatic heterocycles. The monoisotopic (exact) mass is 866 g/mol. The van der Waals surface area contributed by atoms with Crippen LogP contribution < -0.4 is 26.6 Å². The van der Waals surface area contributed by atoms with Crippen molar-refractivity contribution < 1.29 is 28.8 Å². The Kier molecular flexibility index (Phi) is 16.9. The number of hydrogen-bond donors (Lipinski definition) is 5. The van der Waals surface area contributed by atoms with Crippen LogP contribution in [0.1, 0.15) is 118 Å². The van der Waals surface area contributed by atoms with E-state index >= 15 is 0 Å². The van der Waals surface area contributed by atoms with Gasteiger partial charge in [-0.2, -0.15) is 0 Å². The maximum atomic E-state index is 14.9. The number of amidine groups is 1. The molecule has 8 atom stereocenters. The topological polar surface area (TPSA) is 191 Å². The number of thioether (sulfide) groups is 1. The van der Waals surface area contributed by atoms with Gasteiger partial charge in [0.25, 0.3) is 0 Å². The predicted molar refractivity (Wildman–Crippen MR) is 238 cm³/mol. The van der Waals surface area contributed by atoms with Crippen LogP contribution >= 0.6 is 23.1 Å². The highest BCUT2D eigenvalue weighted by molar-refractivity contribution is 8.13. The lowest BCUT2D eigenvalue weighted by Crippen LogP contribution is -2.65. The molecule has 0 aliphatic carbocycles. The number of aromatic nitrogens is 1. The van der Waals surface area contributed by atoms with Gasteiger partial charge in [-0.05, 0) is 41.1 Å². The van der Waals surface area contributed by atoms with E-state index in [-0.39, 0.29) is 47.6 Å². The van der Waals surface area contributed by atoms with Gasteiger partial charge >= 0.3 is 0 Å². The van der Waals surface area contributed by atoms with E-state index in [1.165, 1.54) is 23.1 Å². The fourth-order valence-electron chi connectivity index (χ4n) is 7.53. The van der Waals surface area contributed by atoms with Crippen molar-refractivity contribution in [2.75, 3.05) is 18.8 Å². The van der Waals surface area contributed by atoms with Crippen molar-refractivity contribution in [2.24, 2.45) is 27.7 Å². The Bertz CT molecular complexity index is 1840. The Balaban J connectivity index is 1.75. The van der Waals surface area contributed by atoms with Crippen molar-refractivity contribution in [3.63, 3.8) is 0 Å². The van der Waals surface area contributed by atoms with Gasteiger partial charge in [0.15, 0.2) is 5.12 Å². The molecule has 1 fully saturated rings. The highest BCUT2D eigenvalue weighted by atomic mass is 32.2. The number of hydrogen-bond acceptors (Lipinski definition) is 11. The molecule has 0 unspecified atom stereocenters. The van der Waals surface area contributed by atoms with E-state index in [1.54, 1.807) is 16.5 Å². The Hall–Kier alpha value is -4.31. The Labute approximate surface area is 364 Å². The van der Waals surface area contributed by atoms with Gasteiger partial charge < -0.3 is 31.5 Å². The van der Waals surface area contributed by atoms with Gasteiger partial charge in [0.05, 0.1) is 12.1 Å². The fourth-order valence-corrected chi connectivity index (χ4v) is 8.93. The number of thiazole rings is 1. The molecule has 16 heteroatoms. The number of carbonyl (C=O) groups is 6. The Morgan fingerprint density at radius 2 is 1.65 bits per heavy atom. The van der Waals surface area contributed by atoms with Crippen LogP contribution in [-0.4, -0.2) is 99.4 Å². The summed E-state index contributed by atoms with van der Waals surface area (Å²) in [6, 6.07) is 4.11. The molecule has 60 heavy (non-hydrogen) atoms. The molecule has 2 aromatic rings. The lowest BCUT2D eigenvalue weighted by atomic mass is 9.82. The zero-order valence-corrected chi connectivity index (χ0v) is 38.7. The summed E-state index contributed by atoms with van der Waals surface area (Å²) < 4.78 is 0. The molecule has 1 saturated heterocycles. The first-order valence-corrected chi connectivity index (χ1v) is 22.9. The molecular formula is C44H66N8O6S2. The molecule has 0 radical (unpaired) electrons. The third-order valence-corrected chi connectivity index (χ3v) is 13.1. The molecule has 5 amide bonds. The molecule has 4 rings (SSSR count). The summed E-state index contributed by atoms with van der Waals surface area (Å²) in [4.78, 5) is 94.9. The second kappa shape index (κ2) is 21.0. The SMILES string of the molecule is CCCSC(=O)C[C@@H](NC(=O)[C@@H](NC(=O)[C@@H](NC1=NCC(=O)N2CC[C@@H](C)[C@H]2C(=O)N[C@@H](C(C)C)C(=O)N[C@H]1C(C)(C)C)C(C)(C)C)[C@@H](C)c1ccccc1)c1nccs1. The normalized spacial score (nSPS) is 22.5. The summed E-state index contributed by atoms with van der Waals surface area (Å²) in [6.07, 6.45) is 3.12. The van der Waals surface area contributed by atoms with E-state index in [0.29, 0.717) is 23.7 Å². The number of amides is 5. The van der Waals surface area contributed by atoms with Crippen molar-refractivity contribution in [2.45, 2.75) is 138 Å². The van der Waals surface area contributed by atoms with Gasteiger partial charge in [0.2, 0.25) is 29.5 Å². The van der Waals surface area contributed by atoms with Crippen molar-refractivity contribution in [1.29, 1.82) is 0 Å². The first-order chi connectivity index (χ1) is 28.1. The van der Waals surface area contributed by atoms with Crippen molar-refractivity contribution >= 4 is 63.6 Å². The third-order valence-electron chi connectivity index (χ3n) is 11.1. The van der Waals surface area contributed by atoms with E-state index in [1.807, 2.05) is 106 Å². The number of rotatable bonds is 13. The van der Waals surface area contributed by atoms with E-state index in [9.17, 15) is 28.8 Å². The minimum Gasteiger partial charge on any atom is -0.360 e. The van der Waals surface area contributed by atoms with E-state index < -0.39 is 70.7 Å². The minimum absolute atomic E-state index is 0.0351. The van der Waals surface area contributed by atoms with Crippen molar-refractivity contribution in [3.05, 3.63) is 52.5 Å². The molecule has 3 heterocycles. The lowest BCUT2D eigenvalue weighted by Gasteiger charge is -2.39. The summed E-state index contributed by atoms with van der Waals surface area (Å²) >= 11 is 2.56. The Morgan fingerprint density at radius 1 is 0.967 bits per heavy atom. The van der Waals surface area contributed by atoms with E-state index in [4.69, 9.17) is 4.99 Å². The maximum Gasteiger partial charge on any atom is 0.244 e. The fraction of sp³-hybridized carbons (Fsp3) is 0.636. The molecule has 0 bridgehead atoms. The van der Waals surface area contributed by atoms with Crippen LogP contribution in [0.4, 0.5) is 0 Å². The smallest absolute Gasteiger partial charge is 0.244 e. The molecular weight excluding hydrogens is 801 g/mol. The summed E-state index contributed by atoms with van der Waals surface area (Å²) in [5.74, 6) is -2.13. The van der Waals surface area contributed by atoms with Crippen molar-refractivity contribution in [3.8, 4) is 0 Å². The van der Waals surface area contributed by atoms with Gasteiger partial charge in [-0.15, -0.1) is 11.3 Å². The molecule has 5 N–H and O–H groups in total. The standard InChI is InChI=1S/C44H66N8O6S2/c1-12-21-59-31(54)23-29(42-45-19-22-60-42)47-39(56)33(27(5)28-16-14-13-15-17-28)49-41(58)36(44(9,10)11)50-37-35(43(6,7)8)51-38(55)32(25(2)3)48-40(57)34-26(4)18-20-52(34)30(53)24-46-37/h13-17,19,22,25-27,29,32-36H,12,18,20-21,23-24H2,1-11H3,(H,46,50)(H,47,56)(H,48,57)(H,49,58)(H,51,55)/t26-,27+,29-,32+,33+,34+,35-,36-/m1/s1. The largest absolute Gasteiger partial charge is 0.360 e. The maximum absolute atomic E-state index is 14.9. The summed E-state index contributed by atoms with van der Waals surface area (Å²) in [5, 5.41) is 17.9. The number of nitrogens with one attached hydrogen (secondary N) is 5. The third kappa shape index (κ3) is 12.6. The highest BCUT2D eigenvalue weighted by Gasteiger charge is 2.44. The molecule has 2 aliphatic rings. The van der Waals surface area contributed by atoms with Crippen LogP contribution in [-0.2, 0) is 28.8 Å². The second-order valence-electron chi connectivity index (χ2n) is 18.5. The van der Waals surface area contributed by atoms with Gasteiger partial charge in [-0.3, -0.25) is 33.8 Å². The van der Waals surface area contributed by atoms with Crippen LogP contribution in [0.3, 0.4) is 0 Å². The first kappa shape index (κ1) is 48.4. The molecule has 0 saturated carbocycles. The number of aliphatic imine (C=N–C) groups is 1. The van der Waals surface area contributed by atoms with Crippen LogP contribution in [0.25, 0.3) is 0 Å². The van der Waals surface area contributed by atoms with Gasteiger partial charge in [-0.1, -0.05) is 118 Å². The van der Waals surface area contributed by atoms with Gasteiger partial charge in [0, 0.05) is 36.2 Å². The molecule has 1 aromatic heterocycles. The zero-order chi connectivity index (χ0) is 44.5. The first-order valence-electron chi connectivity index (χ1n) is 21.1. The number of fused-ring (bicyclic) bond motifs is 1. The van der Waals surface area contributed by atoms with Crippen LogP contribution in [0.2, 0.25) is 0 Å². The zero-order valence-electron chi connectivity index (χ0n) is 37.1. The van der Waals surface area contributed by atoms with Crippen LogP contribution in [0.5, 0.6) is 0 Å². The lowest BCUT2D eigenvalue weighted by molar-refractivity contribution is -0.140. The predicted octanol–water partition coefficient (Wildman–Crippen LogP) is 4.97. The average molecular weight is 867 g/mol. The van der Waals surface area contributed by atoms with E-state index in [2.05, 4.69) is 31.6 Å². The van der Waals surface area contributed by atoms with Gasteiger partial charge in [-0.25, -0.2) is 4.98 Å².